The summed E-state index contributed by atoms with van der Waals surface area (Å²) in [6.07, 6.45) is -0.0364. The topological polar surface area (TPSA) is 58.6 Å². The lowest BCUT2D eigenvalue weighted by Crippen LogP contribution is -2.38. The van der Waals surface area contributed by atoms with Crippen molar-refractivity contribution in [2.24, 2.45) is 0 Å². The number of carbonyl (C=O) groups excluding carboxylic acids is 2. The van der Waals surface area contributed by atoms with Gasteiger partial charge in [0, 0.05) is 20.0 Å². The van der Waals surface area contributed by atoms with E-state index in [2.05, 4.69) is 5.32 Å². The number of amides is 2. The minimum Gasteiger partial charge on any atom is -0.489 e. The van der Waals surface area contributed by atoms with Gasteiger partial charge in [0.15, 0.2) is 0 Å². The van der Waals surface area contributed by atoms with Crippen LogP contribution in [0.15, 0.2) is 48.5 Å². The fourth-order valence-electron chi connectivity index (χ4n) is 2.50. The first-order valence-corrected chi connectivity index (χ1v) is 8.46. The average Bonchev–Trinajstić information content (AvgIpc) is 2.59. The number of hydrogen-bond acceptors (Lipinski definition) is 3. The highest BCUT2D eigenvalue weighted by Gasteiger charge is 2.17. The van der Waals surface area contributed by atoms with Gasteiger partial charge in [-0.2, -0.15) is 0 Å². The number of halogens is 1. The van der Waals surface area contributed by atoms with Crippen molar-refractivity contribution in [3.8, 4) is 5.75 Å². The van der Waals surface area contributed by atoms with Crippen molar-refractivity contribution < 1.29 is 18.7 Å². The third-order valence-electron chi connectivity index (χ3n) is 3.64. The van der Waals surface area contributed by atoms with E-state index < -0.39 is 11.7 Å². The number of nitrogens with one attached hydrogen (secondary N) is 1. The Morgan fingerprint density at radius 2 is 1.77 bits per heavy atom. The molecule has 0 radical (unpaired) electrons. The summed E-state index contributed by atoms with van der Waals surface area (Å²) >= 11 is 0. The number of anilines is 1. The molecule has 0 saturated heterocycles. The second kappa shape index (κ2) is 8.99. The summed E-state index contributed by atoms with van der Waals surface area (Å²) in [6, 6.07) is 13.0. The molecule has 2 rings (SSSR count). The van der Waals surface area contributed by atoms with Crippen molar-refractivity contribution in [2.75, 3.05) is 18.0 Å². The molecule has 2 amide bonds. The van der Waals surface area contributed by atoms with Gasteiger partial charge in [-0.1, -0.05) is 24.3 Å². The van der Waals surface area contributed by atoms with Gasteiger partial charge in [0.2, 0.25) is 5.91 Å². The summed E-state index contributed by atoms with van der Waals surface area (Å²) < 4.78 is 19.4. The summed E-state index contributed by atoms with van der Waals surface area (Å²) in [7, 11) is 0. The molecule has 26 heavy (non-hydrogen) atoms. The van der Waals surface area contributed by atoms with Crippen LogP contribution in [-0.2, 0) is 4.79 Å². The first kappa shape index (κ1) is 19.4. The van der Waals surface area contributed by atoms with Crippen molar-refractivity contribution in [3.05, 3.63) is 59.9 Å². The largest absolute Gasteiger partial charge is 0.489 e. The highest BCUT2D eigenvalue weighted by Crippen LogP contribution is 2.28. The molecule has 0 heterocycles. The quantitative estimate of drug-likeness (QED) is 0.825. The Morgan fingerprint density at radius 3 is 2.42 bits per heavy atom. The first-order valence-electron chi connectivity index (χ1n) is 8.46. The Morgan fingerprint density at radius 1 is 1.12 bits per heavy atom. The zero-order valence-electron chi connectivity index (χ0n) is 15.2. The lowest BCUT2D eigenvalue weighted by molar-refractivity contribution is -0.116. The molecule has 0 bridgehead atoms. The molecule has 0 fully saturated rings. The normalized spacial score (nSPS) is 10.5. The van der Waals surface area contributed by atoms with E-state index in [-0.39, 0.29) is 30.7 Å². The van der Waals surface area contributed by atoms with E-state index in [1.807, 2.05) is 26.0 Å². The van der Waals surface area contributed by atoms with Crippen LogP contribution in [0.4, 0.5) is 10.1 Å². The van der Waals surface area contributed by atoms with Gasteiger partial charge in [-0.05, 0) is 38.1 Å². The number of hydrogen-bond donors (Lipinski definition) is 1. The van der Waals surface area contributed by atoms with Crippen LogP contribution in [-0.4, -0.2) is 31.0 Å². The first-order chi connectivity index (χ1) is 12.4. The Labute approximate surface area is 152 Å². The summed E-state index contributed by atoms with van der Waals surface area (Å²) in [5.41, 5.74) is 0.610. The van der Waals surface area contributed by atoms with Crippen molar-refractivity contribution in [1.82, 2.24) is 5.32 Å². The molecule has 0 aliphatic heterocycles. The van der Waals surface area contributed by atoms with Gasteiger partial charge in [0.25, 0.3) is 5.91 Å². The van der Waals surface area contributed by atoms with Gasteiger partial charge in [0.1, 0.15) is 11.6 Å². The highest BCUT2D eigenvalue weighted by atomic mass is 19.1. The van der Waals surface area contributed by atoms with Crippen LogP contribution in [0.1, 0.15) is 31.1 Å². The molecule has 0 spiro atoms. The molecular formula is C20H23FN2O3. The number of para-hydroxylation sites is 2. The van der Waals surface area contributed by atoms with Crippen LogP contribution in [0.2, 0.25) is 0 Å². The summed E-state index contributed by atoms with van der Waals surface area (Å²) in [4.78, 5) is 25.7. The molecule has 0 atom stereocenters. The van der Waals surface area contributed by atoms with Gasteiger partial charge in [0.05, 0.1) is 17.4 Å². The lowest BCUT2D eigenvalue weighted by atomic mass is 10.2. The van der Waals surface area contributed by atoms with Crippen molar-refractivity contribution >= 4 is 17.5 Å². The maximum Gasteiger partial charge on any atom is 0.254 e. The maximum absolute atomic E-state index is 13.7. The molecule has 0 aromatic heterocycles. The zero-order chi connectivity index (χ0) is 19.1. The minimum atomic E-state index is -0.580. The standard InChI is InChI=1S/C20H23FN2O3/c1-14(2)26-19-11-7-6-10-18(19)23(15(3)24)13-12-22-20(25)16-8-4-5-9-17(16)21/h4-11,14H,12-13H2,1-3H3,(H,22,25). The smallest absolute Gasteiger partial charge is 0.254 e. The number of rotatable bonds is 7. The number of ether oxygens (including phenoxy) is 1. The molecule has 5 nitrogen and oxygen atoms in total. The lowest BCUT2D eigenvalue weighted by Gasteiger charge is -2.24. The van der Waals surface area contributed by atoms with Crippen molar-refractivity contribution in [3.63, 3.8) is 0 Å². The number of benzene rings is 2. The fraction of sp³-hybridized carbons (Fsp3) is 0.300. The Balaban J connectivity index is 2.07. The van der Waals surface area contributed by atoms with Gasteiger partial charge in [-0.25, -0.2) is 4.39 Å². The molecule has 0 aliphatic rings. The number of nitrogens with zero attached hydrogens (tertiary/aromatic N) is 1. The molecule has 0 aliphatic carbocycles. The fourth-order valence-corrected chi connectivity index (χ4v) is 2.50. The van der Waals surface area contributed by atoms with E-state index in [4.69, 9.17) is 4.74 Å². The van der Waals surface area contributed by atoms with E-state index in [0.29, 0.717) is 11.4 Å². The second-order valence-corrected chi connectivity index (χ2v) is 6.04. The Bertz CT molecular complexity index is 777. The van der Waals surface area contributed by atoms with Crippen molar-refractivity contribution in [1.29, 1.82) is 0 Å². The van der Waals surface area contributed by atoms with Crippen LogP contribution < -0.4 is 15.0 Å². The summed E-state index contributed by atoms with van der Waals surface area (Å²) in [6.45, 7) is 5.69. The molecular weight excluding hydrogens is 335 g/mol. The zero-order valence-corrected chi connectivity index (χ0v) is 15.2. The predicted octanol–water partition coefficient (Wildman–Crippen LogP) is 3.40. The predicted molar refractivity (Wildman–Crippen MR) is 99.0 cm³/mol. The van der Waals surface area contributed by atoms with Crippen LogP contribution >= 0.6 is 0 Å². The molecule has 1 N–H and O–H groups in total. The van der Waals surface area contributed by atoms with Crippen LogP contribution in [0.5, 0.6) is 5.75 Å². The monoisotopic (exact) mass is 358 g/mol. The second-order valence-electron chi connectivity index (χ2n) is 6.04. The molecule has 0 unspecified atom stereocenters. The third kappa shape index (κ3) is 5.05. The van der Waals surface area contributed by atoms with E-state index in [0.717, 1.165) is 0 Å². The Kier molecular flexibility index (Phi) is 6.72. The van der Waals surface area contributed by atoms with Gasteiger partial charge in [-0.15, -0.1) is 0 Å². The highest BCUT2D eigenvalue weighted by molar-refractivity contribution is 5.95. The van der Waals surface area contributed by atoms with Gasteiger partial charge < -0.3 is 15.0 Å². The van der Waals surface area contributed by atoms with Crippen molar-refractivity contribution in [2.45, 2.75) is 26.9 Å². The summed E-state index contributed by atoms with van der Waals surface area (Å²) in [5.74, 6) is -0.675. The van der Waals surface area contributed by atoms with Crippen LogP contribution in [0.25, 0.3) is 0 Å². The molecule has 2 aromatic carbocycles. The van der Waals surface area contributed by atoms with E-state index in [1.54, 1.807) is 18.2 Å². The third-order valence-corrected chi connectivity index (χ3v) is 3.64. The molecule has 138 valence electrons. The Hall–Kier alpha value is -2.89. The number of carbonyl (C=O) groups is 2. The van der Waals surface area contributed by atoms with Crippen LogP contribution in [0, 0.1) is 5.82 Å². The summed E-state index contributed by atoms with van der Waals surface area (Å²) in [5, 5.41) is 2.64. The van der Waals surface area contributed by atoms with Crippen LogP contribution in [0.3, 0.4) is 0 Å². The molecule has 2 aromatic rings. The average molecular weight is 358 g/mol. The molecule has 6 heteroatoms. The maximum atomic E-state index is 13.7. The van der Waals surface area contributed by atoms with E-state index >= 15 is 0 Å². The van der Waals surface area contributed by atoms with E-state index in [9.17, 15) is 14.0 Å². The molecule has 0 saturated carbocycles. The van der Waals surface area contributed by atoms with E-state index in [1.165, 1.54) is 30.0 Å². The minimum absolute atomic E-state index is 0.0228. The SMILES string of the molecule is CC(=O)N(CCNC(=O)c1ccccc1F)c1ccccc1OC(C)C. The van der Waals surface area contributed by atoms with Gasteiger partial charge in [-0.3, -0.25) is 9.59 Å². The van der Waals surface area contributed by atoms with Gasteiger partial charge >= 0.3 is 0 Å².